The first-order valence-corrected chi connectivity index (χ1v) is 10.00. The smallest absolute Gasteiger partial charge is 0.260 e. The summed E-state index contributed by atoms with van der Waals surface area (Å²) in [6, 6.07) is 15.0. The standard InChI is InChI=1S/C22H18BrN5O2/c1-15-19(13-26-28(15)18-6-4-17(23)5-7-18)22(29)27-21-20(3-2-10-25-21)30-14-16-8-11-24-12-9-16/h2-13H,14H2,1H3,(H,25,27,29). The molecule has 4 aromatic rings. The lowest BCUT2D eigenvalue weighted by atomic mass is 10.2. The summed E-state index contributed by atoms with van der Waals surface area (Å²) in [7, 11) is 0. The molecule has 1 N–H and O–H groups in total. The molecule has 30 heavy (non-hydrogen) atoms. The number of anilines is 1. The van der Waals surface area contributed by atoms with Crippen molar-refractivity contribution in [2.45, 2.75) is 13.5 Å². The second-order valence-electron chi connectivity index (χ2n) is 6.48. The Morgan fingerprint density at radius 3 is 2.63 bits per heavy atom. The molecule has 0 aliphatic heterocycles. The summed E-state index contributed by atoms with van der Waals surface area (Å²) in [4.78, 5) is 21.1. The Bertz CT molecular complexity index is 1160. The molecule has 150 valence electrons. The normalized spacial score (nSPS) is 10.6. The molecule has 3 aromatic heterocycles. The maximum absolute atomic E-state index is 12.9. The Kier molecular flexibility index (Phi) is 5.85. The van der Waals surface area contributed by atoms with Crippen molar-refractivity contribution in [1.82, 2.24) is 19.7 Å². The summed E-state index contributed by atoms with van der Waals surface area (Å²) in [6.07, 6.45) is 6.56. The number of aromatic nitrogens is 4. The molecule has 1 aromatic carbocycles. The number of carbonyl (C=O) groups is 1. The van der Waals surface area contributed by atoms with Crippen LogP contribution in [0.3, 0.4) is 0 Å². The van der Waals surface area contributed by atoms with Gasteiger partial charge in [0.2, 0.25) is 0 Å². The van der Waals surface area contributed by atoms with Crippen molar-refractivity contribution in [1.29, 1.82) is 0 Å². The van der Waals surface area contributed by atoms with E-state index in [1.807, 2.05) is 43.3 Å². The SMILES string of the molecule is Cc1c(C(=O)Nc2ncccc2OCc2ccncc2)cnn1-c1ccc(Br)cc1. The highest BCUT2D eigenvalue weighted by molar-refractivity contribution is 9.10. The van der Waals surface area contributed by atoms with Gasteiger partial charge in [0.15, 0.2) is 11.6 Å². The molecule has 0 saturated heterocycles. The van der Waals surface area contributed by atoms with Crippen LogP contribution in [0.25, 0.3) is 5.69 Å². The fraction of sp³-hybridized carbons (Fsp3) is 0.0909. The minimum atomic E-state index is -0.302. The van der Waals surface area contributed by atoms with Crippen LogP contribution in [-0.4, -0.2) is 25.7 Å². The molecule has 0 saturated carbocycles. The molecule has 0 fully saturated rings. The number of ether oxygens (including phenoxy) is 1. The van der Waals surface area contributed by atoms with Crippen molar-refractivity contribution in [3.8, 4) is 11.4 Å². The third kappa shape index (κ3) is 4.38. The molecule has 1 amide bonds. The van der Waals surface area contributed by atoms with E-state index in [9.17, 15) is 4.79 Å². The monoisotopic (exact) mass is 463 g/mol. The van der Waals surface area contributed by atoms with Crippen LogP contribution in [0.1, 0.15) is 21.6 Å². The summed E-state index contributed by atoms with van der Waals surface area (Å²) in [6.45, 7) is 2.20. The van der Waals surface area contributed by atoms with Crippen molar-refractivity contribution < 1.29 is 9.53 Å². The predicted octanol–water partition coefficient (Wildman–Crippen LogP) is 4.56. The maximum Gasteiger partial charge on any atom is 0.260 e. The number of rotatable bonds is 6. The first kappa shape index (κ1) is 19.8. The van der Waals surface area contributed by atoms with Gasteiger partial charge in [0.1, 0.15) is 6.61 Å². The number of hydrogen-bond acceptors (Lipinski definition) is 5. The van der Waals surface area contributed by atoms with Crippen molar-refractivity contribution in [2.75, 3.05) is 5.32 Å². The van der Waals surface area contributed by atoms with E-state index in [-0.39, 0.29) is 5.91 Å². The van der Waals surface area contributed by atoms with Gasteiger partial charge in [-0.2, -0.15) is 5.10 Å². The van der Waals surface area contributed by atoms with Crippen LogP contribution in [0.15, 0.2) is 77.8 Å². The number of benzene rings is 1. The Morgan fingerprint density at radius 1 is 1.10 bits per heavy atom. The van der Waals surface area contributed by atoms with Gasteiger partial charge in [-0.3, -0.25) is 9.78 Å². The average molecular weight is 464 g/mol. The highest BCUT2D eigenvalue weighted by Crippen LogP contribution is 2.24. The Morgan fingerprint density at radius 2 is 1.87 bits per heavy atom. The van der Waals surface area contributed by atoms with Gasteiger partial charge in [0.25, 0.3) is 5.91 Å². The minimum Gasteiger partial charge on any atom is -0.485 e. The van der Waals surface area contributed by atoms with Crippen molar-refractivity contribution in [2.24, 2.45) is 0 Å². The lowest BCUT2D eigenvalue weighted by Gasteiger charge is -2.11. The van der Waals surface area contributed by atoms with E-state index in [2.05, 4.69) is 36.3 Å². The van der Waals surface area contributed by atoms with Gasteiger partial charge >= 0.3 is 0 Å². The van der Waals surface area contributed by atoms with Crippen LogP contribution in [-0.2, 0) is 6.61 Å². The molecular formula is C22H18BrN5O2. The summed E-state index contributed by atoms with van der Waals surface area (Å²) in [5.74, 6) is 0.538. The van der Waals surface area contributed by atoms with E-state index in [1.54, 1.807) is 41.6 Å². The molecule has 0 atom stereocenters. The number of nitrogens with one attached hydrogen (secondary N) is 1. The third-order valence-corrected chi connectivity index (χ3v) is 5.00. The van der Waals surface area contributed by atoms with E-state index < -0.39 is 0 Å². The number of carbonyl (C=O) groups excluding carboxylic acids is 1. The van der Waals surface area contributed by atoms with Crippen molar-refractivity contribution in [3.63, 3.8) is 0 Å². The summed E-state index contributed by atoms with van der Waals surface area (Å²) in [5.41, 5.74) is 3.03. The Labute approximate surface area is 181 Å². The molecule has 0 radical (unpaired) electrons. The van der Waals surface area contributed by atoms with E-state index in [0.29, 0.717) is 23.7 Å². The average Bonchev–Trinajstić information content (AvgIpc) is 3.16. The fourth-order valence-corrected chi connectivity index (χ4v) is 3.16. The Hall–Kier alpha value is -3.52. The number of nitrogens with zero attached hydrogens (tertiary/aromatic N) is 4. The summed E-state index contributed by atoms with van der Waals surface area (Å²) < 4.78 is 8.54. The zero-order valence-electron chi connectivity index (χ0n) is 16.1. The highest BCUT2D eigenvalue weighted by Gasteiger charge is 2.17. The summed E-state index contributed by atoms with van der Waals surface area (Å²) >= 11 is 3.42. The predicted molar refractivity (Wildman–Crippen MR) is 117 cm³/mol. The zero-order valence-corrected chi connectivity index (χ0v) is 17.7. The van der Waals surface area contributed by atoms with Crippen LogP contribution >= 0.6 is 15.9 Å². The van der Waals surface area contributed by atoms with Gasteiger partial charge < -0.3 is 10.1 Å². The first-order chi connectivity index (χ1) is 14.6. The molecule has 7 nitrogen and oxygen atoms in total. The molecular weight excluding hydrogens is 446 g/mol. The molecule has 0 spiro atoms. The molecule has 8 heteroatoms. The van der Waals surface area contributed by atoms with Gasteiger partial charge in [-0.25, -0.2) is 9.67 Å². The summed E-state index contributed by atoms with van der Waals surface area (Å²) in [5, 5.41) is 7.19. The lowest BCUT2D eigenvalue weighted by Crippen LogP contribution is -2.15. The van der Waals surface area contributed by atoms with Crippen LogP contribution < -0.4 is 10.1 Å². The molecule has 0 aliphatic rings. The van der Waals surface area contributed by atoms with Gasteiger partial charge in [0.05, 0.1) is 23.1 Å². The quantitative estimate of drug-likeness (QED) is 0.452. The molecule has 0 unspecified atom stereocenters. The van der Waals surface area contributed by atoms with Crippen molar-refractivity contribution >= 4 is 27.7 Å². The number of amides is 1. The van der Waals surface area contributed by atoms with Crippen LogP contribution in [0.2, 0.25) is 0 Å². The van der Waals surface area contributed by atoms with Gasteiger partial charge in [-0.1, -0.05) is 15.9 Å². The van der Waals surface area contributed by atoms with E-state index in [0.717, 1.165) is 21.4 Å². The van der Waals surface area contributed by atoms with Crippen LogP contribution in [0.4, 0.5) is 5.82 Å². The van der Waals surface area contributed by atoms with Gasteiger partial charge in [0, 0.05) is 23.1 Å². The molecule has 4 rings (SSSR count). The third-order valence-electron chi connectivity index (χ3n) is 4.47. The van der Waals surface area contributed by atoms with Crippen LogP contribution in [0.5, 0.6) is 5.75 Å². The zero-order chi connectivity index (χ0) is 20.9. The first-order valence-electron chi connectivity index (χ1n) is 9.20. The molecule has 0 aliphatic carbocycles. The van der Waals surface area contributed by atoms with Gasteiger partial charge in [-0.05, 0) is 61.0 Å². The van der Waals surface area contributed by atoms with Crippen molar-refractivity contribution in [3.05, 3.63) is 94.6 Å². The lowest BCUT2D eigenvalue weighted by molar-refractivity contribution is 0.102. The van der Waals surface area contributed by atoms with E-state index in [1.165, 1.54) is 0 Å². The second kappa shape index (κ2) is 8.87. The Balaban J connectivity index is 1.51. The van der Waals surface area contributed by atoms with E-state index in [4.69, 9.17) is 4.74 Å². The van der Waals surface area contributed by atoms with Gasteiger partial charge in [-0.15, -0.1) is 0 Å². The largest absolute Gasteiger partial charge is 0.485 e. The second-order valence-corrected chi connectivity index (χ2v) is 7.40. The number of hydrogen-bond donors (Lipinski definition) is 1. The maximum atomic E-state index is 12.9. The number of pyridine rings is 2. The topological polar surface area (TPSA) is 81.9 Å². The highest BCUT2D eigenvalue weighted by atomic mass is 79.9. The minimum absolute atomic E-state index is 0.302. The van der Waals surface area contributed by atoms with Crippen LogP contribution in [0, 0.1) is 6.92 Å². The number of halogens is 1. The molecule has 3 heterocycles. The fourth-order valence-electron chi connectivity index (χ4n) is 2.89. The van der Waals surface area contributed by atoms with E-state index >= 15 is 0 Å². The molecule has 0 bridgehead atoms.